The molecule has 10 heteroatoms. The second-order valence-electron chi connectivity index (χ2n) is 8.56. The molecule has 1 aromatic carbocycles. The Morgan fingerprint density at radius 1 is 1.09 bits per heavy atom. The minimum absolute atomic E-state index is 0.221. The molecule has 5 rings (SSSR count). The van der Waals surface area contributed by atoms with Crippen LogP contribution in [0.25, 0.3) is 11.1 Å². The van der Waals surface area contributed by atoms with Crippen molar-refractivity contribution in [2.24, 2.45) is 0 Å². The lowest BCUT2D eigenvalue weighted by Crippen LogP contribution is -2.51. The van der Waals surface area contributed by atoms with Crippen molar-refractivity contribution in [1.82, 2.24) is 30.0 Å². The third kappa shape index (κ3) is 4.39. The van der Waals surface area contributed by atoms with Crippen LogP contribution in [0.4, 0.5) is 11.6 Å². The van der Waals surface area contributed by atoms with Crippen molar-refractivity contribution >= 4 is 17.6 Å². The van der Waals surface area contributed by atoms with Gasteiger partial charge in [-0.2, -0.15) is 5.10 Å². The van der Waals surface area contributed by atoms with E-state index >= 15 is 0 Å². The minimum atomic E-state index is -0.896. The van der Waals surface area contributed by atoms with Crippen molar-refractivity contribution < 1.29 is 9.90 Å². The van der Waals surface area contributed by atoms with E-state index in [1.165, 1.54) is 12.7 Å². The van der Waals surface area contributed by atoms with Gasteiger partial charge in [-0.05, 0) is 37.2 Å². The van der Waals surface area contributed by atoms with Gasteiger partial charge in [-0.1, -0.05) is 12.1 Å². The third-order valence-corrected chi connectivity index (χ3v) is 6.62. The van der Waals surface area contributed by atoms with Crippen molar-refractivity contribution in [1.29, 1.82) is 0 Å². The number of H-pyrrole nitrogens is 1. The molecule has 1 unspecified atom stereocenters. The molecule has 0 amide bonds. The zero-order valence-electron chi connectivity index (χ0n) is 18.4. The van der Waals surface area contributed by atoms with Gasteiger partial charge in [0.1, 0.15) is 18.0 Å². The first-order valence-electron chi connectivity index (χ1n) is 11.2. The number of aromatic carboxylic acids is 1. The monoisotopic (exact) mass is 448 g/mol. The molecular formula is C23H28N8O2. The molecular weight excluding hydrogens is 420 g/mol. The van der Waals surface area contributed by atoms with Gasteiger partial charge in [0.25, 0.3) is 0 Å². The number of anilines is 2. The van der Waals surface area contributed by atoms with Gasteiger partial charge in [-0.3, -0.25) is 10.00 Å². The number of carbonyl (C=O) groups is 1. The molecule has 33 heavy (non-hydrogen) atoms. The van der Waals surface area contributed by atoms with Gasteiger partial charge in [-0.25, -0.2) is 14.8 Å². The minimum Gasteiger partial charge on any atom is -0.478 e. The molecule has 1 atom stereocenters. The molecule has 3 aromatic rings. The van der Waals surface area contributed by atoms with Gasteiger partial charge in [0.05, 0.1) is 17.3 Å². The smallest absolute Gasteiger partial charge is 0.335 e. The number of nitrogens with one attached hydrogen (secondary N) is 1. The van der Waals surface area contributed by atoms with Crippen LogP contribution in [0.15, 0.2) is 43.0 Å². The molecule has 0 aliphatic carbocycles. The van der Waals surface area contributed by atoms with E-state index in [-0.39, 0.29) is 6.04 Å². The summed E-state index contributed by atoms with van der Waals surface area (Å²) in [6.07, 6.45) is 6.29. The molecule has 10 nitrogen and oxygen atoms in total. The third-order valence-electron chi connectivity index (χ3n) is 6.62. The Morgan fingerprint density at radius 3 is 2.45 bits per heavy atom. The number of nitrogen functional groups attached to an aromatic ring is 1. The van der Waals surface area contributed by atoms with Crippen molar-refractivity contribution in [3.05, 3.63) is 54.1 Å². The summed E-state index contributed by atoms with van der Waals surface area (Å²) < 4.78 is 0. The Balaban J connectivity index is 1.34. The van der Waals surface area contributed by atoms with Gasteiger partial charge in [0.15, 0.2) is 0 Å². The molecule has 4 heterocycles. The summed E-state index contributed by atoms with van der Waals surface area (Å²) in [7, 11) is 0. The normalized spacial score (nSPS) is 18.1. The predicted molar refractivity (Wildman–Crippen MR) is 125 cm³/mol. The van der Waals surface area contributed by atoms with Gasteiger partial charge < -0.3 is 20.6 Å². The number of likely N-dealkylation sites (tertiary alicyclic amines) is 1. The number of aromatic amines is 1. The number of hydrogen-bond donors (Lipinski definition) is 3. The summed E-state index contributed by atoms with van der Waals surface area (Å²) in [6, 6.07) is 7.56. The highest BCUT2D eigenvalue weighted by molar-refractivity contribution is 5.87. The van der Waals surface area contributed by atoms with Gasteiger partial charge >= 0.3 is 5.97 Å². The quantitative estimate of drug-likeness (QED) is 0.495. The van der Waals surface area contributed by atoms with Crippen molar-refractivity contribution in [2.75, 3.05) is 56.4 Å². The fourth-order valence-electron chi connectivity index (χ4n) is 4.63. The SMILES string of the molecule is Nc1ncnc(N2CCN(C(CN3CCC3)c3ccc(C(=O)O)cc3)CC2)c1-c1cn[nH]c1. The van der Waals surface area contributed by atoms with Crippen LogP contribution in [0.5, 0.6) is 0 Å². The first kappa shape index (κ1) is 21.4. The number of carboxylic acid groups (broad SMARTS) is 1. The van der Waals surface area contributed by atoms with E-state index in [0.717, 1.165) is 68.3 Å². The summed E-state index contributed by atoms with van der Waals surface area (Å²) in [5.74, 6) is 0.374. The Kier molecular flexibility index (Phi) is 5.93. The Labute approximate surface area is 192 Å². The van der Waals surface area contributed by atoms with Crippen LogP contribution >= 0.6 is 0 Å². The van der Waals surface area contributed by atoms with E-state index in [4.69, 9.17) is 5.73 Å². The molecule has 2 fully saturated rings. The summed E-state index contributed by atoms with van der Waals surface area (Å²) in [4.78, 5) is 27.2. The number of rotatable bonds is 7. The van der Waals surface area contributed by atoms with E-state index in [1.54, 1.807) is 24.5 Å². The molecule has 4 N–H and O–H groups in total. The van der Waals surface area contributed by atoms with Gasteiger partial charge in [-0.15, -0.1) is 0 Å². The van der Waals surface area contributed by atoms with Crippen LogP contribution in [0.2, 0.25) is 0 Å². The standard InChI is InChI=1S/C23H28N8O2/c24-21-20(18-12-27-28-13-18)22(26-15-25-21)31-10-8-30(9-11-31)19(14-29-6-1-7-29)16-2-4-17(5-3-16)23(32)33/h2-5,12-13,15,19H,1,6-11,14H2,(H,27,28)(H,32,33)(H2,24,25,26). The zero-order chi connectivity index (χ0) is 22.8. The van der Waals surface area contributed by atoms with Crippen molar-refractivity contribution in [3.63, 3.8) is 0 Å². The maximum atomic E-state index is 11.3. The molecule has 2 aliphatic heterocycles. The van der Waals surface area contributed by atoms with Crippen LogP contribution in [-0.2, 0) is 0 Å². The Hall–Kier alpha value is -3.50. The number of carboxylic acids is 1. The molecule has 0 saturated carbocycles. The molecule has 0 spiro atoms. The van der Waals surface area contributed by atoms with Crippen LogP contribution in [0.3, 0.4) is 0 Å². The first-order valence-corrected chi connectivity index (χ1v) is 11.2. The van der Waals surface area contributed by atoms with E-state index in [0.29, 0.717) is 11.4 Å². The molecule has 2 aliphatic rings. The van der Waals surface area contributed by atoms with Crippen LogP contribution in [0, 0.1) is 0 Å². The maximum absolute atomic E-state index is 11.3. The van der Waals surface area contributed by atoms with Crippen LogP contribution < -0.4 is 10.6 Å². The van der Waals surface area contributed by atoms with Crippen molar-refractivity contribution in [2.45, 2.75) is 12.5 Å². The number of aromatic nitrogens is 4. The van der Waals surface area contributed by atoms with Crippen molar-refractivity contribution in [3.8, 4) is 11.1 Å². The Morgan fingerprint density at radius 2 is 1.85 bits per heavy atom. The summed E-state index contributed by atoms with van der Waals surface area (Å²) >= 11 is 0. The highest BCUT2D eigenvalue weighted by Crippen LogP contribution is 2.34. The summed E-state index contributed by atoms with van der Waals surface area (Å²) in [5, 5.41) is 16.1. The molecule has 172 valence electrons. The highest BCUT2D eigenvalue weighted by atomic mass is 16.4. The number of hydrogen-bond acceptors (Lipinski definition) is 8. The first-order chi connectivity index (χ1) is 16.1. The number of piperazine rings is 1. The summed E-state index contributed by atoms with van der Waals surface area (Å²) in [5.41, 5.74) is 9.36. The molecule has 0 radical (unpaired) electrons. The fourth-order valence-corrected chi connectivity index (χ4v) is 4.63. The van der Waals surface area contributed by atoms with E-state index in [9.17, 15) is 9.90 Å². The second kappa shape index (κ2) is 9.16. The Bertz CT molecular complexity index is 1090. The largest absolute Gasteiger partial charge is 0.478 e. The van der Waals surface area contributed by atoms with E-state index in [1.807, 2.05) is 12.1 Å². The maximum Gasteiger partial charge on any atom is 0.335 e. The predicted octanol–water partition coefficient (Wildman–Crippen LogP) is 1.72. The van der Waals surface area contributed by atoms with Gasteiger partial charge in [0, 0.05) is 50.5 Å². The molecule has 2 aromatic heterocycles. The van der Waals surface area contributed by atoms with E-state index < -0.39 is 5.97 Å². The average molecular weight is 449 g/mol. The molecule has 2 saturated heterocycles. The van der Waals surface area contributed by atoms with E-state index in [2.05, 4.69) is 34.9 Å². The second-order valence-corrected chi connectivity index (χ2v) is 8.56. The summed E-state index contributed by atoms with van der Waals surface area (Å²) in [6.45, 7) is 6.56. The average Bonchev–Trinajstić information content (AvgIpc) is 3.33. The number of nitrogens with zero attached hydrogens (tertiary/aromatic N) is 6. The fraction of sp³-hybridized carbons (Fsp3) is 0.391. The lowest BCUT2D eigenvalue weighted by molar-refractivity contribution is 0.0696. The lowest BCUT2D eigenvalue weighted by atomic mass is 10.0. The van der Waals surface area contributed by atoms with Gasteiger partial charge in [0.2, 0.25) is 0 Å². The molecule has 0 bridgehead atoms. The number of nitrogens with two attached hydrogens (primary N) is 1. The highest BCUT2D eigenvalue weighted by Gasteiger charge is 2.30. The zero-order valence-corrected chi connectivity index (χ0v) is 18.4. The topological polar surface area (TPSA) is 128 Å². The number of benzene rings is 1. The van der Waals surface area contributed by atoms with Crippen LogP contribution in [0.1, 0.15) is 28.4 Å². The lowest BCUT2D eigenvalue weighted by Gasteiger charge is -2.43. The van der Waals surface area contributed by atoms with Crippen LogP contribution in [-0.4, -0.2) is 86.9 Å².